The van der Waals surface area contributed by atoms with E-state index in [1.165, 1.54) is 33.3 Å². The summed E-state index contributed by atoms with van der Waals surface area (Å²) in [7, 11) is 2.23. The molecule has 124 valence electrons. The Labute approximate surface area is 143 Å². The zero-order valence-corrected chi connectivity index (χ0v) is 14.8. The van der Waals surface area contributed by atoms with E-state index in [1.807, 2.05) is 13.1 Å². The molecule has 0 spiro atoms. The number of nitrogens with one attached hydrogen (secondary N) is 1. The van der Waals surface area contributed by atoms with E-state index in [4.69, 9.17) is 0 Å². The second-order valence-electron chi connectivity index (χ2n) is 7.31. The van der Waals surface area contributed by atoms with Crippen molar-refractivity contribution in [3.05, 3.63) is 64.6 Å². The van der Waals surface area contributed by atoms with Crippen LogP contribution in [0, 0.1) is 13.8 Å². The van der Waals surface area contributed by atoms with Crippen molar-refractivity contribution in [1.29, 1.82) is 0 Å². The van der Waals surface area contributed by atoms with Crippen molar-refractivity contribution in [2.75, 3.05) is 13.6 Å². The maximum absolute atomic E-state index is 4.43. The van der Waals surface area contributed by atoms with Gasteiger partial charge in [-0.1, -0.05) is 17.7 Å². The van der Waals surface area contributed by atoms with Gasteiger partial charge in [0.15, 0.2) is 0 Å². The number of H-pyrrole nitrogens is 1. The fraction of sp³-hybridized carbons (Fsp3) is 0.381. The molecule has 3 heteroatoms. The highest BCUT2D eigenvalue weighted by molar-refractivity contribution is 5.85. The summed E-state index contributed by atoms with van der Waals surface area (Å²) >= 11 is 0. The summed E-state index contributed by atoms with van der Waals surface area (Å²) in [5, 5.41) is 1.40. The van der Waals surface area contributed by atoms with Gasteiger partial charge in [-0.3, -0.25) is 4.98 Å². The molecule has 0 saturated heterocycles. The van der Waals surface area contributed by atoms with Crippen LogP contribution in [0.4, 0.5) is 0 Å². The standard InChI is InChI=1S/C21H25N3/c1-14-4-9-20-18(10-14)19-13-24(3)12-17(21(19)23-20)8-7-16-6-5-15(2)22-11-16/h4-6,9-11,17,23H,7-8,12-13H2,1-3H3. The average Bonchev–Trinajstić information content (AvgIpc) is 2.92. The molecule has 24 heavy (non-hydrogen) atoms. The first-order chi connectivity index (χ1) is 11.6. The van der Waals surface area contributed by atoms with Gasteiger partial charge in [-0.2, -0.15) is 0 Å². The Morgan fingerprint density at radius 2 is 2.08 bits per heavy atom. The molecule has 2 aromatic heterocycles. The van der Waals surface area contributed by atoms with Crippen molar-refractivity contribution < 1.29 is 0 Å². The van der Waals surface area contributed by atoms with E-state index in [0.717, 1.165) is 31.6 Å². The molecular weight excluding hydrogens is 294 g/mol. The van der Waals surface area contributed by atoms with Crippen molar-refractivity contribution in [1.82, 2.24) is 14.9 Å². The van der Waals surface area contributed by atoms with Crippen LogP contribution >= 0.6 is 0 Å². The lowest BCUT2D eigenvalue weighted by atomic mass is 9.90. The monoisotopic (exact) mass is 319 g/mol. The van der Waals surface area contributed by atoms with Gasteiger partial charge in [-0.25, -0.2) is 0 Å². The molecular formula is C21H25N3. The lowest BCUT2D eigenvalue weighted by Gasteiger charge is -2.30. The summed E-state index contributed by atoms with van der Waals surface area (Å²) in [6.45, 7) is 6.38. The second-order valence-corrected chi connectivity index (χ2v) is 7.31. The normalized spacial score (nSPS) is 18.0. The number of aromatic nitrogens is 2. The third-order valence-corrected chi connectivity index (χ3v) is 5.22. The Kier molecular flexibility index (Phi) is 3.89. The Hall–Kier alpha value is -2.13. The number of nitrogens with zero attached hydrogens (tertiary/aromatic N) is 2. The highest BCUT2D eigenvalue weighted by Crippen LogP contribution is 2.35. The molecule has 0 saturated carbocycles. The van der Waals surface area contributed by atoms with Crippen molar-refractivity contribution in [3.63, 3.8) is 0 Å². The number of benzene rings is 1. The van der Waals surface area contributed by atoms with Crippen molar-refractivity contribution >= 4 is 10.9 Å². The van der Waals surface area contributed by atoms with E-state index in [9.17, 15) is 0 Å². The molecule has 1 aliphatic heterocycles. The molecule has 0 aliphatic carbocycles. The van der Waals surface area contributed by atoms with Crippen LogP contribution < -0.4 is 0 Å². The summed E-state index contributed by atoms with van der Waals surface area (Å²) in [5.74, 6) is 0.563. The zero-order chi connectivity index (χ0) is 16.7. The number of hydrogen-bond donors (Lipinski definition) is 1. The van der Waals surface area contributed by atoms with Gasteiger partial charge < -0.3 is 9.88 Å². The van der Waals surface area contributed by atoms with Crippen LogP contribution in [0.3, 0.4) is 0 Å². The Morgan fingerprint density at radius 3 is 2.88 bits per heavy atom. The number of fused-ring (bicyclic) bond motifs is 3. The fourth-order valence-corrected chi connectivity index (χ4v) is 3.93. The van der Waals surface area contributed by atoms with Gasteiger partial charge >= 0.3 is 0 Å². The summed E-state index contributed by atoms with van der Waals surface area (Å²) in [5.41, 5.74) is 7.98. The number of aryl methyl sites for hydroxylation is 3. The van der Waals surface area contributed by atoms with Crippen molar-refractivity contribution in [2.45, 2.75) is 39.2 Å². The zero-order valence-electron chi connectivity index (χ0n) is 14.8. The number of aromatic amines is 1. The molecule has 0 bridgehead atoms. The molecule has 3 nitrogen and oxygen atoms in total. The molecule has 4 rings (SSSR count). The average molecular weight is 319 g/mol. The van der Waals surface area contributed by atoms with Crippen LogP contribution in [-0.2, 0) is 13.0 Å². The lowest BCUT2D eigenvalue weighted by molar-refractivity contribution is 0.274. The molecule has 1 aliphatic rings. The second kappa shape index (κ2) is 6.06. The summed E-state index contributed by atoms with van der Waals surface area (Å²) in [6.07, 6.45) is 4.27. The molecule has 0 radical (unpaired) electrons. The smallest absolute Gasteiger partial charge is 0.0459 e. The van der Waals surface area contributed by atoms with Crippen LogP contribution in [0.15, 0.2) is 36.5 Å². The fourth-order valence-electron chi connectivity index (χ4n) is 3.93. The van der Waals surface area contributed by atoms with Crippen LogP contribution in [-0.4, -0.2) is 28.5 Å². The van der Waals surface area contributed by atoms with Gasteiger partial charge in [0.2, 0.25) is 0 Å². The Bertz CT molecular complexity index is 861. The van der Waals surface area contributed by atoms with Crippen LogP contribution in [0.5, 0.6) is 0 Å². The first-order valence-corrected chi connectivity index (χ1v) is 8.81. The van der Waals surface area contributed by atoms with Gasteiger partial charge in [0.05, 0.1) is 0 Å². The lowest BCUT2D eigenvalue weighted by Crippen LogP contribution is -2.30. The molecule has 0 amide bonds. The molecule has 0 fully saturated rings. The van der Waals surface area contributed by atoms with Crippen molar-refractivity contribution in [2.24, 2.45) is 0 Å². The highest BCUT2D eigenvalue weighted by atomic mass is 15.1. The quantitative estimate of drug-likeness (QED) is 0.778. The molecule has 1 aromatic carbocycles. The van der Waals surface area contributed by atoms with Gasteiger partial charge in [0.25, 0.3) is 0 Å². The minimum Gasteiger partial charge on any atom is -0.358 e. The van der Waals surface area contributed by atoms with E-state index < -0.39 is 0 Å². The SMILES string of the molecule is Cc1ccc2[nH]c3c(c2c1)CN(C)CC3CCc1ccc(C)nc1. The van der Waals surface area contributed by atoms with E-state index in [2.05, 4.69) is 59.2 Å². The maximum atomic E-state index is 4.43. The van der Waals surface area contributed by atoms with E-state index in [1.54, 1.807) is 0 Å². The minimum atomic E-state index is 0.563. The van der Waals surface area contributed by atoms with Crippen LogP contribution in [0.1, 0.15) is 40.4 Å². The minimum absolute atomic E-state index is 0.563. The molecule has 3 heterocycles. The number of rotatable bonds is 3. The van der Waals surface area contributed by atoms with Gasteiger partial charge in [-0.15, -0.1) is 0 Å². The number of likely N-dealkylation sites (N-methyl/N-ethyl adjacent to an activating group) is 1. The Balaban J connectivity index is 1.63. The van der Waals surface area contributed by atoms with Crippen molar-refractivity contribution in [3.8, 4) is 0 Å². The third kappa shape index (κ3) is 2.84. The Morgan fingerprint density at radius 1 is 1.21 bits per heavy atom. The topological polar surface area (TPSA) is 31.9 Å². The van der Waals surface area contributed by atoms with Gasteiger partial charge in [0.1, 0.15) is 0 Å². The largest absolute Gasteiger partial charge is 0.358 e. The van der Waals surface area contributed by atoms with Crippen LogP contribution in [0.2, 0.25) is 0 Å². The molecule has 1 atom stereocenters. The predicted octanol–water partition coefficient (Wildman–Crippen LogP) is 4.34. The third-order valence-electron chi connectivity index (χ3n) is 5.22. The predicted molar refractivity (Wildman–Crippen MR) is 99.4 cm³/mol. The maximum Gasteiger partial charge on any atom is 0.0459 e. The van der Waals surface area contributed by atoms with E-state index in [-0.39, 0.29) is 0 Å². The number of hydrogen-bond acceptors (Lipinski definition) is 2. The number of pyridine rings is 1. The van der Waals surface area contributed by atoms with Crippen LogP contribution in [0.25, 0.3) is 10.9 Å². The van der Waals surface area contributed by atoms with E-state index in [0.29, 0.717) is 5.92 Å². The van der Waals surface area contributed by atoms with E-state index >= 15 is 0 Å². The van der Waals surface area contributed by atoms with Gasteiger partial charge in [0, 0.05) is 47.5 Å². The highest BCUT2D eigenvalue weighted by Gasteiger charge is 2.26. The summed E-state index contributed by atoms with van der Waals surface area (Å²) in [6, 6.07) is 11.1. The summed E-state index contributed by atoms with van der Waals surface area (Å²) in [4.78, 5) is 10.6. The molecule has 1 unspecified atom stereocenters. The molecule has 1 N–H and O–H groups in total. The first kappa shape index (κ1) is 15.4. The first-order valence-electron chi connectivity index (χ1n) is 8.81. The summed E-state index contributed by atoms with van der Waals surface area (Å²) < 4.78 is 0. The van der Waals surface area contributed by atoms with Gasteiger partial charge in [-0.05, 0) is 63.1 Å². The molecule has 3 aromatic rings.